The summed E-state index contributed by atoms with van der Waals surface area (Å²) in [5.74, 6) is 0.848. The molecule has 0 bridgehead atoms. The second-order valence-corrected chi connectivity index (χ2v) is 4.60. The Morgan fingerprint density at radius 2 is 1.88 bits per heavy atom. The topological polar surface area (TPSA) is 32.7 Å². The van der Waals surface area contributed by atoms with Crippen LogP contribution in [0.1, 0.15) is 30.4 Å². The van der Waals surface area contributed by atoms with Crippen molar-refractivity contribution >= 4 is 0 Å². The SMILES string of the molecule is COc1c(CO)cccc1CN1CCCCC1. The Morgan fingerprint density at radius 1 is 1.18 bits per heavy atom. The molecule has 94 valence electrons. The second kappa shape index (κ2) is 6.03. The molecule has 3 heteroatoms. The maximum absolute atomic E-state index is 9.29. The maximum atomic E-state index is 9.29. The van der Waals surface area contributed by atoms with Gasteiger partial charge < -0.3 is 9.84 Å². The van der Waals surface area contributed by atoms with Crippen molar-refractivity contribution in [1.82, 2.24) is 4.90 Å². The largest absolute Gasteiger partial charge is 0.496 e. The minimum absolute atomic E-state index is 0.0387. The van der Waals surface area contributed by atoms with Crippen LogP contribution < -0.4 is 4.74 Å². The Bertz CT molecular complexity index is 359. The molecule has 17 heavy (non-hydrogen) atoms. The molecule has 3 nitrogen and oxygen atoms in total. The van der Waals surface area contributed by atoms with Gasteiger partial charge in [-0.05, 0) is 25.9 Å². The molecule has 1 N–H and O–H groups in total. The molecule has 1 heterocycles. The highest BCUT2D eigenvalue weighted by Gasteiger charge is 2.14. The number of hydrogen-bond acceptors (Lipinski definition) is 3. The third kappa shape index (κ3) is 2.99. The van der Waals surface area contributed by atoms with Crippen molar-refractivity contribution in [1.29, 1.82) is 0 Å². The Hall–Kier alpha value is -1.06. The van der Waals surface area contributed by atoms with Crippen molar-refractivity contribution in [2.75, 3.05) is 20.2 Å². The van der Waals surface area contributed by atoms with Crippen LogP contribution in [-0.2, 0) is 13.2 Å². The molecule has 0 aromatic heterocycles. The highest BCUT2D eigenvalue weighted by molar-refractivity contribution is 5.41. The third-order valence-electron chi connectivity index (χ3n) is 3.40. The number of benzene rings is 1. The molecule has 0 saturated carbocycles. The first kappa shape index (κ1) is 12.4. The summed E-state index contributed by atoms with van der Waals surface area (Å²) in [5, 5.41) is 9.29. The number of rotatable bonds is 4. The van der Waals surface area contributed by atoms with E-state index in [1.807, 2.05) is 12.1 Å². The number of aliphatic hydroxyl groups excluding tert-OH is 1. The molecule has 0 unspecified atom stereocenters. The zero-order chi connectivity index (χ0) is 12.1. The van der Waals surface area contributed by atoms with E-state index in [0.717, 1.165) is 17.9 Å². The van der Waals surface area contributed by atoms with Gasteiger partial charge in [-0.1, -0.05) is 24.6 Å². The monoisotopic (exact) mass is 235 g/mol. The number of hydrogen-bond donors (Lipinski definition) is 1. The normalized spacial score (nSPS) is 17.1. The van der Waals surface area contributed by atoms with Crippen LogP contribution in [0.25, 0.3) is 0 Å². The van der Waals surface area contributed by atoms with Gasteiger partial charge in [0, 0.05) is 17.7 Å². The summed E-state index contributed by atoms with van der Waals surface area (Å²) in [6, 6.07) is 6.00. The van der Waals surface area contributed by atoms with Crippen LogP contribution in [-0.4, -0.2) is 30.2 Å². The fraction of sp³-hybridized carbons (Fsp3) is 0.571. The zero-order valence-corrected chi connectivity index (χ0v) is 10.5. The van der Waals surface area contributed by atoms with Gasteiger partial charge >= 0.3 is 0 Å². The molecule has 0 amide bonds. The fourth-order valence-electron chi connectivity index (χ4n) is 2.51. The van der Waals surface area contributed by atoms with Crippen molar-refractivity contribution in [3.05, 3.63) is 29.3 Å². The standard InChI is InChI=1S/C14H21NO2/c1-17-14-12(6-5-7-13(14)11-16)10-15-8-3-2-4-9-15/h5-7,16H,2-4,8-11H2,1H3. The minimum Gasteiger partial charge on any atom is -0.496 e. The van der Waals surface area contributed by atoms with Gasteiger partial charge in [0.2, 0.25) is 0 Å². The summed E-state index contributed by atoms with van der Waals surface area (Å²) in [5.41, 5.74) is 2.06. The van der Waals surface area contributed by atoms with E-state index in [9.17, 15) is 5.11 Å². The first-order chi connectivity index (χ1) is 8.35. The third-order valence-corrected chi connectivity index (χ3v) is 3.40. The second-order valence-electron chi connectivity index (χ2n) is 4.60. The van der Waals surface area contributed by atoms with Gasteiger partial charge in [-0.15, -0.1) is 0 Å². The van der Waals surface area contributed by atoms with Gasteiger partial charge in [0.15, 0.2) is 0 Å². The summed E-state index contributed by atoms with van der Waals surface area (Å²) < 4.78 is 5.42. The number of nitrogens with zero attached hydrogens (tertiary/aromatic N) is 1. The Kier molecular flexibility index (Phi) is 4.40. The van der Waals surface area contributed by atoms with Crippen LogP contribution in [0.5, 0.6) is 5.75 Å². The van der Waals surface area contributed by atoms with Gasteiger partial charge in [0.25, 0.3) is 0 Å². The van der Waals surface area contributed by atoms with E-state index in [4.69, 9.17) is 4.74 Å². The van der Waals surface area contributed by atoms with Crippen LogP contribution in [0.4, 0.5) is 0 Å². The average molecular weight is 235 g/mol. The number of aliphatic hydroxyl groups is 1. The lowest BCUT2D eigenvalue weighted by Crippen LogP contribution is -2.29. The Balaban J connectivity index is 2.13. The molecule has 1 aromatic carbocycles. The van der Waals surface area contributed by atoms with Gasteiger partial charge in [0.1, 0.15) is 5.75 Å². The number of methoxy groups -OCH3 is 1. The number of ether oxygens (including phenoxy) is 1. The Labute approximate surface area is 103 Å². The fourth-order valence-corrected chi connectivity index (χ4v) is 2.51. The number of piperidine rings is 1. The van der Waals surface area contributed by atoms with Gasteiger partial charge in [-0.3, -0.25) is 4.90 Å². The lowest BCUT2D eigenvalue weighted by Gasteiger charge is -2.27. The van der Waals surface area contributed by atoms with Crippen LogP contribution in [0.2, 0.25) is 0 Å². The molecule has 1 aliphatic rings. The quantitative estimate of drug-likeness (QED) is 0.868. The lowest BCUT2D eigenvalue weighted by molar-refractivity contribution is 0.217. The molecule has 2 rings (SSSR count). The van der Waals surface area contributed by atoms with Crippen LogP contribution in [0, 0.1) is 0 Å². The molecule has 1 aromatic rings. The molecule has 1 fully saturated rings. The summed E-state index contributed by atoms with van der Waals surface area (Å²) in [6.45, 7) is 3.31. The maximum Gasteiger partial charge on any atom is 0.128 e. The van der Waals surface area contributed by atoms with E-state index in [2.05, 4.69) is 11.0 Å². The van der Waals surface area contributed by atoms with E-state index < -0.39 is 0 Å². The first-order valence-corrected chi connectivity index (χ1v) is 6.33. The molecule has 0 spiro atoms. The van der Waals surface area contributed by atoms with Crippen LogP contribution >= 0.6 is 0 Å². The van der Waals surface area contributed by atoms with Crippen molar-refractivity contribution in [3.63, 3.8) is 0 Å². The van der Waals surface area contributed by atoms with Crippen molar-refractivity contribution < 1.29 is 9.84 Å². The average Bonchev–Trinajstić information content (AvgIpc) is 2.39. The molecular weight excluding hydrogens is 214 g/mol. The van der Waals surface area contributed by atoms with Gasteiger partial charge in [-0.2, -0.15) is 0 Å². The number of para-hydroxylation sites is 1. The first-order valence-electron chi connectivity index (χ1n) is 6.33. The molecule has 1 aliphatic heterocycles. The van der Waals surface area contributed by atoms with E-state index in [-0.39, 0.29) is 6.61 Å². The lowest BCUT2D eigenvalue weighted by atomic mass is 10.1. The summed E-state index contributed by atoms with van der Waals surface area (Å²) in [4.78, 5) is 2.46. The predicted octanol–water partition coefficient (Wildman–Crippen LogP) is 2.17. The highest BCUT2D eigenvalue weighted by atomic mass is 16.5. The van der Waals surface area contributed by atoms with Gasteiger partial charge in [-0.25, -0.2) is 0 Å². The summed E-state index contributed by atoms with van der Waals surface area (Å²) in [7, 11) is 1.67. The summed E-state index contributed by atoms with van der Waals surface area (Å²) >= 11 is 0. The van der Waals surface area contributed by atoms with Crippen molar-refractivity contribution in [3.8, 4) is 5.75 Å². The molecule has 0 atom stereocenters. The Morgan fingerprint density at radius 3 is 2.53 bits per heavy atom. The van der Waals surface area contributed by atoms with Crippen LogP contribution in [0.15, 0.2) is 18.2 Å². The van der Waals surface area contributed by atoms with E-state index >= 15 is 0 Å². The molecular formula is C14H21NO2. The predicted molar refractivity (Wildman–Crippen MR) is 68.0 cm³/mol. The van der Waals surface area contributed by atoms with E-state index in [1.165, 1.54) is 37.9 Å². The molecule has 0 aliphatic carbocycles. The van der Waals surface area contributed by atoms with Crippen molar-refractivity contribution in [2.45, 2.75) is 32.4 Å². The zero-order valence-electron chi connectivity index (χ0n) is 10.5. The summed E-state index contributed by atoms with van der Waals surface area (Å²) in [6.07, 6.45) is 3.94. The van der Waals surface area contributed by atoms with Crippen molar-refractivity contribution in [2.24, 2.45) is 0 Å². The van der Waals surface area contributed by atoms with Gasteiger partial charge in [0.05, 0.1) is 13.7 Å². The van der Waals surface area contributed by atoms with E-state index in [0.29, 0.717) is 0 Å². The minimum atomic E-state index is 0.0387. The number of likely N-dealkylation sites (tertiary alicyclic amines) is 1. The van der Waals surface area contributed by atoms with Crippen LogP contribution in [0.3, 0.4) is 0 Å². The smallest absolute Gasteiger partial charge is 0.128 e. The molecule has 0 radical (unpaired) electrons. The highest BCUT2D eigenvalue weighted by Crippen LogP contribution is 2.26. The van der Waals surface area contributed by atoms with E-state index in [1.54, 1.807) is 7.11 Å². The molecule has 1 saturated heterocycles.